The third-order valence-electron chi connectivity index (χ3n) is 3.72. The average molecular weight is 260 g/mol. The highest BCUT2D eigenvalue weighted by molar-refractivity contribution is 7.52. The van der Waals surface area contributed by atoms with Gasteiger partial charge < -0.3 is 9.05 Å². The molecule has 2 saturated carbocycles. The van der Waals surface area contributed by atoms with Crippen LogP contribution in [0, 0.1) is 5.16 Å². The highest BCUT2D eigenvalue weighted by Crippen LogP contribution is 2.46. The van der Waals surface area contributed by atoms with E-state index in [1.165, 1.54) is 38.5 Å². The maximum absolute atomic E-state index is 8.04. The lowest BCUT2D eigenvalue weighted by atomic mass is 9.98. The first-order valence-corrected chi connectivity index (χ1v) is 8.65. The standard InChI is InChI=1S/C12H25N2O2P/c13-17(14,15-11-7-3-1-4-8-11)16-12-9-5-2-6-10-12/h11-12H,1-10H2,(H3,13,14). The Bertz CT molecular complexity index is 250. The van der Waals surface area contributed by atoms with Crippen LogP contribution in [-0.4, -0.2) is 12.2 Å². The van der Waals surface area contributed by atoms with Crippen molar-refractivity contribution in [3.63, 3.8) is 0 Å². The predicted octanol–water partition coefficient (Wildman–Crippen LogP) is 4.17. The van der Waals surface area contributed by atoms with Gasteiger partial charge in [-0.25, -0.2) is 0 Å². The largest absolute Gasteiger partial charge is 0.309 e. The van der Waals surface area contributed by atoms with Crippen molar-refractivity contribution in [2.75, 3.05) is 0 Å². The molecule has 0 aromatic heterocycles. The lowest BCUT2D eigenvalue weighted by Gasteiger charge is -2.31. The molecule has 5 heteroatoms. The molecular formula is C12H25N2O2P. The van der Waals surface area contributed by atoms with Crippen LogP contribution >= 0.6 is 7.66 Å². The van der Waals surface area contributed by atoms with Crippen LogP contribution in [-0.2, 0) is 9.05 Å². The summed E-state index contributed by atoms with van der Waals surface area (Å²) in [5.74, 6) is 0. The summed E-state index contributed by atoms with van der Waals surface area (Å²) in [6, 6.07) is 0. The van der Waals surface area contributed by atoms with Crippen molar-refractivity contribution >= 4 is 7.66 Å². The van der Waals surface area contributed by atoms with Crippen molar-refractivity contribution in [2.45, 2.75) is 76.4 Å². The van der Waals surface area contributed by atoms with Gasteiger partial charge in [0.05, 0.1) is 12.2 Å². The minimum atomic E-state index is -2.83. The summed E-state index contributed by atoms with van der Waals surface area (Å²) < 4.78 is 11.4. The van der Waals surface area contributed by atoms with Gasteiger partial charge in [0.2, 0.25) is 0 Å². The summed E-state index contributed by atoms with van der Waals surface area (Å²) in [4.78, 5) is 0. The number of nitrogens with two attached hydrogens (primary N) is 1. The van der Waals surface area contributed by atoms with E-state index in [0.717, 1.165) is 25.7 Å². The Balaban J connectivity index is 1.78. The maximum atomic E-state index is 8.04. The van der Waals surface area contributed by atoms with E-state index in [1.807, 2.05) is 0 Å². The van der Waals surface area contributed by atoms with Crippen LogP contribution in [0.4, 0.5) is 0 Å². The second-order valence-electron chi connectivity index (χ2n) is 5.33. The Labute approximate surface area is 104 Å². The smallest absolute Gasteiger partial charge is 0.282 e. The fourth-order valence-corrected chi connectivity index (χ4v) is 4.17. The van der Waals surface area contributed by atoms with Crippen molar-refractivity contribution in [3.8, 4) is 0 Å². The Morgan fingerprint density at radius 2 is 1.12 bits per heavy atom. The van der Waals surface area contributed by atoms with Gasteiger partial charge in [0, 0.05) is 0 Å². The average Bonchev–Trinajstić information content (AvgIpc) is 2.30. The van der Waals surface area contributed by atoms with Crippen molar-refractivity contribution in [2.24, 2.45) is 5.50 Å². The van der Waals surface area contributed by atoms with Gasteiger partial charge in [0.25, 0.3) is 7.66 Å². The Morgan fingerprint density at radius 1 is 0.765 bits per heavy atom. The molecule has 3 N–H and O–H groups in total. The van der Waals surface area contributed by atoms with E-state index >= 15 is 0 Å². The molecule has 0 amide bonds. The molecule has 0 radical (unpaired) electrons. The van der Waals surface area contributed by atoms with E-state index in [2.05, 4.69) is 0 Å². The molecule has 0 unspecified atom stereocenters. The molecule has 0 atom stereocenters. The lowest BCUT2D eigenvalue weighted by molar-refractivity contribution is 0.0951. The van der Waals surface area contributed by atoms with Gasteiger partial charge in [-0.3, -0.25) is 10.7 Å². The van der Waals surface area contributed by atoms with E-state index < -0.39 is 7.66 Å². The monoisotopic (exact) mass is 260 g/mol. The highest BCUT2D eigenvalue weighted by Gasteiger charge is 2.26. The Kier molecular flexibility index (Phi) is 5.04. The van der Waals surface area contributed by atoms with Gasteiger partial charge in [0.15, 0.2) is 0 Å². The minimum absolute atomic E-state index is 0.170. The Morgan fingerprint density at radius 3 is 1.47 bits per heavy atom. The molecule has 2 aliphatic rings. The first kappa shape index (κ1) is 13.5. The van der Waals surface area contributed by atoms with E-state index in [4.69, 9.17) is 19.7 Å². The normalized spacial score (nSPS) is 25.0. The second-order valence-corrected chi connectivity index (χ2v) is 6.94. The van der Waals surface area contributed by atoms with Gasteiger partial charge in [-0.15, -0.1) is 0 Å². The fourth-order valence-electron chi connectivity index (χ4n) is 2.81. The molecule has 0 bridgehead atoms. The van der Waals surface area contributed by atoms with Crippen LogP contribution in [0.3, 0.4) is 0 Å². The molecule has 17 heavy (non-hydrogen) atoms. The topological polar surface area (TPSA) is 68.3 Å². The van der Waals surface area contributed by atoms with E-state index in [0.29, 0.717) is 0 Å². The first-order valence-electron chi connectivity index (χ1n) is 6.95. The first-order chi connectivity index (χ1) is 8.16. The zero-order valence-electron chi connectivity index (χ0n) is 10.6. The quantitative estimate of drug-likeness (QED) is 0.745. The molecule has 0 saturated heterocycles. The van der Waals surface area contributed by atoms with Gasteiger partial charge in [-0.1, -0.05) is 38.5 Å². The third kappa shape index (κ3) is 4.70. The van der Waals surface area contributed by atoms with E-state index in [1.54, 1.807) is 0 Å². The molecule has 0 heterocycles. The summed E-state index contributed by atoms with van der Waals surface area (Å²) in [6.07, 6.45) is 11.9. The zero-order chi connectivity index (χ0) is 12.1. The van der Waals surface area contributed by atoms with Gasteiger partial charge >= 0.3 is 0 Å². The van der Waals surface area contributed by atoms with Crippen LogP contribution < -0.4 is 5.50 Å². The highest BCUT2D eigenvalue weighted by atomic mass is 31.2. The summed E-state index contributed by atoms with van der Waals surface area (Å²) in [6.45, 7) is 0. The molecule has 100 valence electrons. The van der Waals surface area contributed by atoms with Crippen LogP contribution in [0.1, 0.15) is 64.2 Å². The van der Waals surface area contributed by atoms with Gasteiger partial charge in [-0.05, 0) is 25.7 Å². The summed E-state index contributed by atoms with van der Waals surface area (Å²) in [5.41, 5.74) is 5.91. The summed E-state index contributed by atoms with van der Waals surface area (Å²) in [7, 11) is -2.83. The number of nitrogens with one attached hydrogen (secondary N) is 1. The number of rotatable bonds is 4. The molecule has 0 aliphatic heterocycles. The van der Waals surface area contributed by atoms with Crippen molar-refractivity contribution < 1.29 is 9.05 Å². The van der Waals surface area contributed by atoms with Crippen LogP contribution in [0.5, 0.6) is 0 Å². The minimum Gasteiger partial charge on any atom is -0.309 e. The van der Waals surface area contributed by atoms with E-state index in [9.17, 15) is 0 Å². The molecule has 2 aliphatic carbocycles. The number of hydrogen-bond acceptors (Lipinski definition) is 3. The van der Waals surface area contributed by atoms with Crippen LogP contribution in [0.15, 0.2) is 0 Å². The third-order valence-corrected chi connectivity index (χ3v) is 4.94. The molecule has 4 nitrogen and oxygen atoms in total. The lowest BCUT2D eigenvalue weighted by Crippen LogP contribution is -2.22. The SMILES string of the molecule is N=P(N)(OC1CCCCC1)OC1CCCCC1. The van der Waals surface area contributed by atoms with Crippen LogP contribution in [0.25, 0.3) is 0 Å². The van der Waals surface area contributed by atoms with Crippen molar-refractivity contribution in [1.29, 1.82) is 5.16 Å². The fraction of sp³-hybridized carbons (Fsp3) is 1.00. The van der Waals surface area contributed by atoms with E-state index in [-0.39, 0.29) is 12.2 Å². The second kappa shape index (κ2) is 6.33. The Hall–Kier alpha value is 0.110. The number of hydrogen-bond donors (Lipinski definition) is 2. The van der Waals surface area contributed by atoms with Gasteiger partial charge in [-0.2, -0.15) is 0 Å². The van der Waals surface area contributed by atoms with Crippen molar-refractivity contribution in [1.82, 2.24) is 0 Å². The predicted molar refractivity (Wildman–Crippen MR) is 69.7 cm³/mol. The summed E-state index contributed by atoms with van der Waals surface area (Å²) >= 11 is 0. The van der Waals surface area contributed by atoms with Crippen molar-refractivity contribution in [3.05, 3.63) is 0 Å². The molecule has 2 fully saturated rings. The summed E-state index contributed by atoms with van der Waals surface area (Å²) in [5, 5.41) is 8.04. The maximum Gasteiger partial charge on any atom is 0.282 e. The molecule has 0 aromatic rings. The van der Waals surface area contributed by atoms with Crippen LogP contribution in [0.2, 0.25) is 0 Å². The molecule has 2 rings (SSSR count). The molecule has 0 spiro atoms. The molecular weight excluding hydrogens is 235 g/mol. The van der Waals surface area contributed by atoms with Gasteiger partial charge in [0.1, 0.15) is 0 Å². The zero-order valence-corrected chi connectivity index (χ0v) is 11.5. The molecule has 0 aromatic carbocycles.